The quantitative estimate of drug-likeness (QED) is 0.705. The maximum absolute atomic E-state index is 12.0. The van der Waals surface area contributed by atoms with Crippen molar-refractivity contribution < 1.29 is 14.3 Å². The lowest BCUT2D eigenvalue weighted by Gasteiger charge is -2.39. The van der Waals surface area contributed by atoms with Gasteiger partial charge in [-0.3, -0.25) is 14.5 Å². The van der Waals surface area contributed by atoms with Crippen LogP contribution in [0, 0.1) is 5.92 Å². The molecule has 2 rings (SSSR count). The second-order valence-electron chi connectivity index (χ2n) is 6.78. The van der Waals surface area contributed by atoms with Crippen LogP contribution < -0.4 is 11.1 Å². The van der Waals surface area contributed by atoms with Crippen LogP contribution in [0.1, 0.15) is 26.7 Å². The van der Waals surface area contributed by atoms with Crippen molar-refractivity contribution in [1.82, 2.24) is 15.1 Å². The molecule has 7 heteroatoms. The van der Waals surface area contributed by atoms with Crippen molar-refractivity contribution in [1.29, 1.82) is 0 Å². The fourth-order valence-electron chi connectivity index (χ4n) is 3.52. The number of nitrogens with zero attached hydrogens (tertiary/aromatic N) is 2. The minimum Gasteiger partial charge on any atom is -0.373 e. The second kappa shape index (κ2) is 8.61. The highest BCUT2D eigenvalue weighted by Gasteiger charge is 2.27. The number of nitrogens with two attached hydrogens (primary N) is 1. The first-order valence-corrected chi connectivity index (χ1v) is 8.60. The average molecular weight is 326 g/mol. The Morgan fingerprint density at radius 2 is 1.78 bits per heavy atom. The molecule has 0 bridgehead atoms. The SMILES string of the molecule is CC1CN(CC2CCN(C(=O)CNC(=O)CN)CC2)CC(C)O1. The third-order valence-corrected chi connectivity index (χ3v) is 4.60. The lowest BCUT2D eigenvalue weighted by atomic mass is 9.95. The average Bonchev–Trinajstić information content (AvgIpc) is 2.52. The van der Waals surface area contributed by atoms with Gasteiger partial charge in [0.1, 0.15) is 0 Å². The zero-order valence-corrected chi connectivity index (χ0v) is 14.3. The zero-order chi connectivity index (χ0) is 16.8. The normalized spacial score (nSPS) is 27.0. The van der Waals surface area contributed by atoms with Gasteiger partial charge in [-0.05, 0) is 32.6 Å². The van der Waals surface area contributed by atoms with Crippen molar-refractivity contribution in [3.8, 4) is 0 Å². The molecule has 2 saturated heterocycles. The number of ether oxygens (including phenoxy) is 1. The number of morpholine rings is 1. The molecule has 0 spiro atoms. The molecule has 2 heterocycles. The van der Waals surface area contributed by atoms with Crippen molar-refractivity contribution in [2.24, 2.45) is 11.7 Å². The van der Waals surface area contributed by atoms with E-state index in [1.165, 1.54) is 0 Å². The van der Waals surface area contributed by atoms with E-state index in [1.54, 1.807) is 0 Å². The summed E-state index contributed by atoms with van der Waals surface area (Å²) < 4.78 is 5.77. The maximum atomic E-state index is 12.0. The molecule has 2 aliphatic rings. The number of nitrogens with one attached hydrogen (secondary N) is 1. The van der Waals surface area contributed by atoms with Crippen LogP contribution in [-0.2, 0) is 14.3 Å². The number of carbonyl (C=O) groups excluding carboxylic acids is 2. The highest BCUT2D eigenvalue weighted by atomic mass is 16.5. The van der Waals surface area contributed by atoms with Gasteiger partial charge in [0.2, 0.25) is 11.8 Å². The van der Waals surface area contributed by atoms with E-state index >= 15 is 0 Å². The summed E-state index contributed by atoms with van der Waals surface area (Å²) in [6.45, 7) is 8.85. The van der Waals surface area contributed by atoms with E-state index in [-0.39, 0.29) is 24.9 Å². The molecule has 0 saturated carbocycles. The van der Waals surface area contributed by atoms with Gasteiger partial charge in [0, 0.05) is 32.7 Å². The zero-order valence-electron chi connectivity index (χ0n) is 14.3. The molecule has 0 aromatic heterocycles. The van der Waals surface area contributed by atoms with Crippen LogP contribution in [0.15, 0.2) is 0 Å². The van der Waals surface area contributed by atoms with Gasteiger partial charge in [0.25, 0.3) is 0 Å². The van der Waals surface area contributed by atoms with E-state index in [4.69, 9.17) is 10.5 Å². The summed E-state index contributed by atoms with van der Waals surface area (Å²) in [6, 6.07) is 0. The first kappa shape index (κ1) is 18.2. The van der Waals surface area contributed by atoms with Gasteiger partial charge in [0.15, 0.2) is 0 Å². The molecule has 23 heavy (non-hydrogen) atoms. The molecule has 2 amide bonds. The molecule has 2 unspecified atom stereocenters. The van der Waals surface area contributed by atoms with E-state index in [2.05, 4.69) is 24.1 Å². The Labute approximate surface area is 138 Å². The Bertz CT molecular complexity index is 400. The van der Waals surface area contributed by atoms with E-state index < -0.39 is 0 Å². The number of hydrogen-bond acceptors (Lipinski definition) is 5. The van der Waals surface area contributed by atoms with Crippen LogP contribution in [-0.4, -0.2) is 79.6 Å². The Morgan fingerprint density at radius 1 is 1.17 bits per heavy atom. The maximum Gasteiger partial charge on any atom is 0.241 e. The molecule has 132 valence electrons. The summed E-state index contributed by atoms with van der Waals surface area (Å²) in [4.78, 5) is 27.5. The van der Waals surface area contributed by atoms with E-state index in [0.717, 1.165) is 45.6 Å². The number of amides is 2. The fraction of sp³-hybridized carbons (Fsp3) is 0.875. The minimum absolute atomic E-state index is 0.0149. The largest absolute Gasteiger partial charge is 0.373 e. The van der Waals surface area contributed by atoms with Crippen molar-refractivity contribution in [3.05, 3.63) is 0 Å². The summed E-state index contributed by atoms with van der Waals surface area (Å²) >= 11 is 0. The highest BCUT2D eigenvalue weighted by Crippen LogP contribution is 2.20. The second-order valence-corrected chi connectivity index (χ2v) is 6.78. The molecule has 0 radical (unpaired) electrons. The number of carbonyl (C=O) groups is 2. The third kappa shape index (κ3) is 5.75. The van der Waals surface area contributed by atoms with Crippen LogP contribution in [0.3, 0.4) is 0 Å². The summed E-state index contributed by atoms with van der Waals surface area (Å²) in [6.07, 6.45) is 2.64. The molecule has 0 aliphatic carbocycles. The summed E-state index contributed by atoms with van der Waals surface area (Å²) in [5.41, 5.74) is 5.21. The van der Waals surface area contributed by atoms with Crippen LogP contribution in [0.5, 0.6) is 0 Å². The molecule has 2 atom stereocenters. The molecule has 2 fully saturated rings. The van der Waals surface area contributed by atoms with Crippen LogP contribution in [0.2, 0.25) is 0 Å². The van der Waals surface area contributed by atoms with Crippen molar-refractivity contribution in [2.45, 2.75) is 38.9 Å². The van der Waals surface area contributed by atoms with Gasteiger partial charge >= 0.3 is 0 Å². The van der Waals surface area contributed by atoms with E-state index in [1.807, 2.05) is 4.90 Å². The molecule has 0 aromatic carbocycles. The molecule has 0 aromatic rings. The Balaban J connectivity index is 1.69. The monoisotopic (exact) mass is 326 g/mol. The van der Waals surface area contributed by atoms with Gasteiger partial charge in [-0.2, -0.15) is 0 Å². The Kier molecular flexibility index (Phi) is 6.80. The molecular formula is C16H30N4O3. The topological polar surface area (TPSA) is 87.9 Å². The molecule has 3 N–H and O–H groups in total. The highest BCUT2D eigenvalue weighted by molar-refractivity contribution is 5.85. The molecule has 7 nitrogen and oxygen atoms in total. The number of piperidine rings is 1. The number of hydrogen-bond donors (Lipinski definition) is 2. The van der Waals surface area contributed by atoms with Crippen molar-refractivity contribution >= 4 is 11.8 Å². The summed E-state index contributed by atoms with van der Waals surface area (Å²) in [7, 11) is 0. The van der Waals surface area contributed by atoms with Crippen molar-refractivity contribution in [2.75, 3.05) is 45.8 Å². The molecular weight excluding hydrogens is 296 g/mol. The van der Waals surface area contributed by atoms with Crippen LogP contribution >= 0.6 is 0 Å². The Morgan fingerprint density at radius 3 is 2.35 bits per heavy atom. The van der Waals surface area contributed by atoms with Gasteiger partial charge in [-0.25, -0.2) is 0 Å². The van der Waals surface area contributed by atoms with E-state index in [9.17, 15) is 9.59 Å². The third-order valence-electron chi connectivity index (χ3n) is 4.60. The Hall–Kier alpha value is -1.18. The smallest absolute Gasteiger partial charge is 0.241 e. The van der Waals surface area contributed by atoms with Crippen LogP contribution in [0.25, 0.3) is 0 Å². The summed E-state index contributed by atoms with van der Waals surface area (Å²) in [5.74, 6) is 0.331. The van der Waals surface area contributed by atoms with Gasteiger partial charge in [0.05, 0.1) is 25.3 Å². The van der Waals surface area contributed by atoms with Crippen LogP contribution in [0.4, 0.5) is 0 Å². The van der Waals surface area contributed by atoms with E-state index in [0.29, 0.717) is 18.1 Å². The number of rotatable bonds is 5. The van der Waals surface area contributed by atoms with Gasteiger partial charge in [-0.15, -0.1) is 0 Å². The minimum atomic E-state index is -0.288. The first-order chi connectivity index (χ1) is 11.0. The molecule has 2 aliphatic heterocycles. The standard InChI is InChI=1S/C16H30N4O3/c1-12-9-19(10-13(2)23-12)11-14-3-5-20(6-4-14)16(22)8-18-15(21)7-17/h12-14H,3-11,17H2,1-2H3,(H,18,21). The number of likely N-dealkylation sites (tertiary alicyclic amines) is 1. The lowest BCUT2D eigenvalue weighted by molar-refractivity contribution is -0.134. The first-order valence-electron chi connectivity index (χ1n) is 8.60. The van der Waals surface area contributed by atoms with Crippen molar-refractivity contribution in [3.63, 3.8) is 0 Å². The van der Waals surface area contributed by atoms with Gasteiger partial charge in [-0.1, -0.05) is 0 Å². The fourth-order valence-corrected chi connectivity index (χ4v) is 3.52. The lowest BCUT2D eigenvalue weighted by Crippen LogP contribution is -2.49. The predicted octanol–water partition coefficient (Wildman–Crippen LogP) is -0.591. The predicted molar refractivity (Wildman–Crippen MR) is 87.8 cm³/mol. The summed E-state index contributed by atoms with van der Waals surface area (Å²) in [5, 5.41) is 2.54. The van der Waals surface area contributed by atoms with Gasteiger partial charge < -0.3 is 20.7 Å².